The molecule has 1 rings (SSSR count). The number of likely N-dealkylation sites (N-methyl/N-ethyl adjacent to an activating group) is 1. The minimum atomic E-state index is -4.71. The quantitative estimate of drug-likeness (QED) is 0.889. The predicted molar refractivity (Wildman–Crippen MR) is 74.0 cm³/mol. The third kappa shape index (κ3) is 4.44. The van der Waals surface area contributed by atoms with Gasteiger partial charge in [-0.1, -0.05) is 0 Å². The number of carbonyl (C=O) groups is 1. The fourth-order valence-electron chi connectivity index (χ4n) is 1.91. The van der Waals surface area contributed by atoms with E-state index < -0.39 is 28.8 Å². The van der Waals surface area contributed by atoms with Crippen LogP contribution in [0.2, 0.25) is 0 Å². The number of hydrogen-bond acceptors (Lipinski definition) is 4. The molecule has 0 aliphatic carbocycles. The van der Waals surface area contributed by atoms with Crippen molar-refractivity contribution in [2.24, 2.45) is 0 Å². The second kappa shape index (κ2) is 6.34. The Bertz CT molecular complexity index is 604. The number of benzene rings is 1. The van der Waals surface area contributed by atoms with Crippen LogP contribution in [-0.2, 0) is 11.0 Å². The number of nitrogens with one attached hydrogen (secondary N) is 1. The normalized spacial score (nSPS) is 14.3. The first kappa shape index (κ1) is 17.9. The summed E-state index contributed by atoms with van der Waals surface area (Å²) in [7, 11) is 3.29. The first-order valence-electron chi connectivity index (χ1n) is 6.27. The van der Waals surface area contributed by atoms with Gasteiger partial charge in [0.25, 0.3) is 5.91 Å². The Balaban J connectivity index is 3.05. The molecule has 0 fully saturated rings. The summed E-state index contributed by atoms with van der Waals surface area (Å²) in [6.07, 6.45) is -4.71. The molecule has 5 nitrogen and oxygen atoms in total. The lowest BCUT2D eigenvalue weighted by Crippen LogP contribution is -2.47. The van der Waals surface area contributed by atoms with Crippen LogP contribution in [0.5, 0.6) is 0 Å². The van der Waals surface area contributed by atoms with E-state index >= 15 is 0 Å². The average Bonchev–Trinajstić information content (AvgIpc) is 2.36. The highest BCUT2D eigenvalue weighted by atomic mass is 19.4. The minimum Gasteiger partial charge on any atom is -0.379 e. The Morgan fingerprint density at radius 1 is 1.41 bits per heavy atom. The van der Waals surface area contributed by atoms with Crippen LogP contribution < -0.4 is 5.32 Å². The SMILES string of the molecule is CN(C)CC(C)(O)C(=O)Nc1ccc(C#N)c(C(F)(F)F)c1. The lowest BCUT2D eigenvalue weighted by molar-refractivity contribution is -0.138. The minimum absolute atomic E-state index is 0.00123. The topological polar surface area (TPSA) is 76.4 Å². The zero-order valence-corrected chi connectivity index (χ0v) is 12.3. The van der Waals surface area contributed by atoms with Crippen LogP contribution in [0.15, 0.2) is 18.2 Å². The average molecular weight is 315 g/mol. The maximum atomic E-state index is 12.8. The van der Waals surface area contributed by atoms with E-state index in [2.05, 4.69) is 5.32 Å². The van der Waals surface area contributed by atoms with Crippen LogP contribution in [0.25, 0.3) is 0 Å². The Labute approximate surface area is 126 Å². The third-order valence-electron chi connectivity index (χ3n) is 2.82. The van der Waals surface area contributed by atoms with Crippen molar-refractivity contribution < 1.29 is 23.1 Å². The van der Waals surface area contributed by atoms with E-state index in [1.54, 1.807) is 19.0 Å². The number of hydrogen-bond donors (Lipinski definition) is 2. The number of aliphatic hydroxyl groups is 1. The Hall–Kier alpha value is -2.11. The Morgan fingerprint density at radius 3 is 2.45 bits per heavy atom. The van der Waals surface area contributed by atoms with Crippen molar-refractivity contribution in [2.75, 3.05) is 26.0 Å². The monoisotopic (exact) mass is 315 g/mol. The highest BCUT2D eigenvalue weighted by molar-refractivity contribution is 5.97. The van der Waals surface area contributed by atoms with Crippen molar-refractivity contribution in [1.29, 1.82) is 5.26 Å². The molecule has 0 saturated heterocycles. The van der Waals surface area contributed by atoms with E-state index in [4.69, 9.17) is 5.26 Å². The molecule has 8 heteroatoms. The van der Waals surface area contributed by atoms with Crippen molar-refractivity contribution in [3.05, 3.63) is 29.3 Å². The first-order valence-corrected chi connectivity index (χ1v) is 6.27. The molecular weight excluding hydrogens is 299 g/mol. The molecule has 1 aromatic carbocycles. The second-order valence-corrected chi connectivity index (χ2v) is 5.34. The number of rotatable bonds is 4. The zero-order chi connectivity index (χ0) is 17.1. The van der Waals surface area contributed by atoms with Crippen molar-refractivity contribution in [3.8, 4) is 6.07 Å². The summed E-state index contributed by atoms with van der Waals surface area (Å²) in [5.74, 6) is -0.834. The van der Waals surface area contributed by atoms with Crippen molar-refractivity contribution in [2.45, 2.75) is 18.7 Å². The number of amides is 1. The van der Waals surface area contributed by atoms with Gasteiger partial charge in [-0.3, -0.25) is 4.79 Å². The van der Waals surface area contributed by atoms with E-state index in [9.17, 15) is 23.1 Å². The maximum Gasteiger partial charge on any atom is 0.417 e. The highest BCUT2D eigenvalue weighted by Crippen LogP contribution is 2.33. The van der Waals surface area contributed by atoms with Crippen LogP contribution in [0.1, 0.15) is 18.1 Å². The standard InChI is InChI=1S/C14H16F3N3O2/c1-13(22,8-20(2)3)12(21)19-10-5-4-9(7-18)11(6-10)14(15,16)17/h4-6,22H,8H2,1-3H3,(H,19,21). The summed E-state index contributed by atoms with van der Waals surface area (Å²) in [5, 5.41) is 20.9. The van der Waals surface area contributed by atoms with Crippen molar-refractivity contribution >= 4 is 11.6 Å². The summed E-state index contributed by atoms with van der Waals surface area (Å²) in [6.45, 7) is 1.26. The van der Waals surface area contributed by atoms with Gasteiger partial charge in [-0.05, 0) is 39.2 Å². The molecule has 2 N–H and O–H groups in total. The molecule has 0 aliphatic heterocycles. The lowest BCUT2D eigenvalue weighted by Gasteiger charge is -2.25. The largest absolute Gasteiger partial charge is 0.417 e. The van der Waals surface area contributed by atoms with Crippen LogP contribution in [0.4, 0.5) is 18.9 Å². The predicted octanol–water partition coefficient (Wildman–Crippen LogP) is 1.83. The molecule has 22 heavy (non-hydrogen) atoms. The van der Waals surface area contributed by atoms with E-state index in [1.165, 1.54) is 19.1 Å². The number of anilines is 1. The molecule has 1 unspecified atom stereocenters. The molecular formula is C14H16F3N3O2. The van der Waals surface area contributed by atoms with Gasteiger partial charge in [0.15, 0.2) is 5.60 Å². The molecule has 0 saturated carbocycles. The maximum absolute atomic E-state index is 12.8. The van der Waals surface area contributed by atoms with E-state index in [0.29, 0.717) is 6.07 Å². The number of carbonyl (C=O) groups excluding carboxylic acids is 1. The van der Waals surface area contributed by atoms with Gasteiger partial charge in [0.1, 0.15) is 0 Å². The summed E-state index contributed by atoms with van der Waals surface area (Å²) in [4.78, 5) is 13.5. The van der Waals surface area contributed by atoms with Gasteiger partial charge in [0.2, 0.25) is 0 Å². The molecule has 0 aromatic heterocycles. The van der Waals surface area contributed by atoms with Gasteiger partial charge in [0.05, 0.1) is 17.2 Å². The van der Waals surface area contributed by atoms with Gasteiger partial charge >= 0.3 is 6.18 Å². The molecule has 0 heterocycles. The van der Waals surface area contributed by atoms with Gasteiger partial charge in [0, 0.05) is 12.2 Å². The number of halogens is 3. The summed E-state index contributed by atoms with van der Waals surface area (Å²) in [5.41, 5.74) is -3.59. The third-order valence-corrected chi connectivity index (χ3v) is 2.82. The fraction of sp³-hybridized carbons (Fsp3) is 0.429. The molecule has 0 bridgehead atoms. The summed E-state index contributed by atoms with van der Waals surface area (Å²) < 4.78 is 38.5. The summed E-state index contributed by atoms with van der Waals surface area (Å²) in [6, 6.07) is 4.27. The van der Waals surface area contributed by atoms with E-state index in [1.807, 2.05) is 0 Å². The zero-order valence-electron chi connectivity index (χ0n) is 12.3. The number of nitrogens with zero attached hydrogens (tertiary/aromatic N) is 2. The van der Waals surface area contributed by atoms with Gasteiger partial charge in [-0.2, -0.15) is 18.4 Å². The van der Waals surface area contributed by atoms with Crippen molar-refractivity contribution in [3.63, 3.8) is 0 Å². The fourth-order valence-corrected chi connectivity index (χ4v) is 1.91. The van der Waals surface area contributed by atoms with Crippen LogP contribution in [0, 0.1) is 11.3 Å². The molecule has 0 aliphatic rings. The molecule has 120 valence electrons. The number of nitriles is 1. The first-order chi connectivity index (χ1) is 9.97. The number of alkyl halides is 3. The molecule has 1 amide bonds. The van der Waals surface area contributed by atoms with Crippen LogP contribution in [0.3, 0.4) is 0 Å². The molecule has 0 spiro atoms. The Morgan fingerprint density at radius 2 is 2.00 bits per heavy atom. The molecule has 1 aromatic rings. The smallest absolute Gasteiger partial charge is 0.379 e. The van der Waals surface area contributed by atoms with Gasteiger partial charge in [-0.15, -0.1) is 0 Å². The van der Waals surface area contributed by atoms with Crippen LogP contribution in [-0.4, -0.2) is 42.2 Å². The van der Waals surface area contributed by atoms with Crippen LogP contribution >= 0.6 is 0 Å². The summed E-state index contributed by atoms with van der Waals surface area (Å²) >= 11 is 0. The molecule has 1 atom stereocenters. The molecule has 0 radical (unpaired) electrons. The lowest BCUT2D eigenvalue weighted by atomic mass is 10.0. The highest BCUT2D eigenvalue weighted by Gasteiger charge is 2.35. The Kier molecular flexibility index (Phi) is 5.17. The van der Waals surface area contributed by atoms with Crippen molar-refractivity contribution in [1.82, 2.24) is 4.90 Å². The van der Waals surface area contributed by atoms with Gasteiger partial charge in [-0.25, -0.2) is 0 Å². The van der Waals surface area contributed by atoms with Gasteiger partial charge < -0.3 is 15.3 Å². The van der Waals surface area contributed by atoms with E-state index in [0.717, 1.165) is 6.07 Å². The second-order valence-electron chi connectivity index (χ2n) is 5.34. The van der Waals surface area contributed by atoms with E-state index in [-0.39, 0.29) is 12.2 Å².